The lowest BCUT2D eigenvalue weighted by atomic mass is 9.97. The van der Waals surface area contributed by atoms with E-state index in [1.54, 1.807) is 0 Å². The Labute approximate surface area is 155 Å². The predicted molar refractivity (Wildman–Crippen MR) is 109 cm³/mol. The summed E-state index contributed by atoms with van der Waals surface area (Å²) in [5, 5.41) is 0. The Morgan fingerprint density at radius 3 is 1.73 bits per heavy atom. The molecule has 1 heterocycles. The van der Waals surface area contributed by atoms with Gasteiger partial charge in [0.25, 0.3) is 0 Å². The molecule has 26 heavy (non-hydrogen) atoms. The molecular weight excluding hydrogens is 314 g/mol. The molecule has 0 amide bonds. The van der Waals surface area contributed by atoms with Crippen LogP contribution in [-0.2, 0) is 7.05 Å². The lowest BCUT2D eigenvalue weighted by molar-refractivity contribution is -0.659. The van der Waals surface area contributed by atoms with E-state index in [9.17, 15) is 0 Å². The van der Waals surface area contributed by atoms with E-state index in [0.29, 0.717) is 0 Å². The lowest BCUT2D eigenvalue weighted by Crippen LogP contribution is -2.30. The molecule has 1 heteroatoms. The van der Waals surface area contributed by atoms with Crippen LogP contribution in [0, 0.1) is 6.92 Å². The van der Waals surface area contributed by atoms with Gasteiger partial charge in [-0.15, -0.1) is 0 Å². The van der Waals surface area contributed by atoms with Gasteiger partial charge in [0.2, 0.25) is 5.69 Å². The third kappa shape index (κ3) is 3.16. The van der Waals surface area contributed by atoms with E-state index < -0.39 is 0 Å². The van der Waals surface area contributed by atoms with Crippen LogP contribution in [0.5, 0.6) is 0 Å². The number of benzene rings is 3. The molecule has 0 bridgehead atoms. The summed E-state index contributed by atoms with van der Waals surface area (Å²) in [7, 11) is 2.12. The molecule has 0 N–H and O–H groups in total. The van der Waals surface area contributed by atoms with Crippen LogP contribution >= 0.6 is 0 Å². The molecule has 0 radical (unpaired) electrons. The smallest absolute Gasteiger partial charge is 0.200 e. The monoisotopic (exact) mass is 336 g/mol. The standard InChI is InChI=1S/C25H22N/c1-19-17-22(20-9-5-3-6-10-20)13-15-24(19)25-16-14-23(18-26(25)2)21-11-7-4-8-12-21/h3-18H,1-2H3/q+1. The maximum Gasteiger partial charge on any atom is 0.212 e. The van der Waals surface area contributed by atoms with Crippen molar-refractivity contribution in [3.8, 4) is 33.5 Å². The third-order valence-corrected chi connectivity index (χ3v) is 4.85. The fourth-order valence-electron chi connectivity index (χ4n) is 3.45. The van der Waals surface area contributed by atoms with Crippen LogP contribution in [0.4, 0.5) is 0 Å². The molecule has 0 saturated carbocycles. The molecule has 0 atom stereocenters. The first-order valence-corrected chi connectivity index (χ1v) is 8.94. The maximum atomic E-state index is 2.27. The summed E-state index contributed by atoms with van der Waals surface area (Å²) in [4.78, 5) is 0. The number of nitrogens with zero attached hydrogens (tertiary/aromatic N) is 1. The lowest BCUT2D eigenvalue weighted by Gasteiger charge is -2.09. The van der Waals surface area contributed by atoms with Crippen molar-refractivity contribution in [3.63, 3.8) is 0 Å². The zero-order chi connectivity index (χ0) is 17.9. The van der Waals surface area contributed by atoms with E-state index in [0.717, 1.165) is 0 Å². The minimum atomic E-state index is 1.22. The molecule has 0 spiro atoms. The predicted octanol–water partition coefficient (Wildman–Crippen LogP) is 5.82. The number of aryl methyl sites for hydroxylation is 2. The molecule has 4 rings (SSSR count). The normalized spacial score (nSPS) is 10.7. The molecule has 3 aromatic carbocycles. The van der Waals surface area contributed by atoms with Gasteiger partial charge < -0.3 is 0 Å². The largest absolute Gasteiger partial charge is 0.212 e. The first-order valence-electron chi connectivity index (χ1n) is 8.94. The Bertz CT molecular complexity index is 947. The second-order valence-corrected chi connectivity index (χ2v) is 6.68. The number of pyridine rings is 1. The minimum Gasteiger partial charge on any atom is -0.200 e. The molecular formula is C25H22N+. The number of hydrogen-bond acceptors (Lipinski definition) is 0. The Morgan fingerprint density at radius 1 is 0.577 bits per heavy atom. The Hall–Kier alpha value is -3.19. The second kappa shape index (κ2) is 6.97. The van der Waals surface area contributed by atoms with Gasteiger partial charge in [-0.1, -0.05) is 72.8 Å². The van der Waals surface area contributed by atoms with Gasteiger partial charge in [-0.3, -0.25) is 0 Å². The first-order chi connectivity index (χ1) is 12.7. The van der Waals surface area contributed by atoms with Crippen molar-refractivity contribution in [2.75, 3.05) is 0 Å². The zero-order valence-electron chi connectivity index (χ0n) is 15.2. The summed E-state index contributed by atoms with van der Waals surface area (Å²) in [6.07, 6.45) is 2.20. The van der Waals surface area contributed by atoms with Crippen LogP contribution in [-0.4, -0.2) is 0 Å². The Balaban J connectivity index is 1.72. The van der Waals surface area contributed by atoms with Crippen molar-refractivity contribution >= 4 is 0 Å². The first kappa shape index (κ1) is 16.3. The minimum absolute atomic E-state index is 1.22. The molecule has 0 fully saturated rings. The van der Waals surface area contributed by atoms with Gasteiger partial charge in [0.1, 0.15) is 7.05 Å². The summed E-state index contributed by atoms with van der Waals surface area (Å²) in [5.41, 5.74) is 8.77. The highest BCUT2D eigenvalue weighted by molar-refractivity contribution is 5.71. The van der Waals surface area contributed by atoms with Crippen LogP contribution in [0.25, 0.3) is 33.5 Å². The number of aromatic nitrogens is 1. The fourth-order valence-corrected chi connectivity index (χ4v) is 3.45. The summed E-state index contributed by atoms with van der Waals surface area (Å²) >= 11 is 0. The number of rotatable bonds is 3. The van der Waals surface area contributed by atoms with E-state index in [1.807, 2.05) is 0 Å². The quantitative estimate of drug-likeness (QED) is 0.415. The number of hydrogen-bond donors (Lipinski definition) is 0. The van der Waals surface area contributed by atoms with Gasteiger partial charge >= 0.3 is 0 Å². The van der Waals surface area contributed by atoms with Gasteiger partial charge in [-0.25, -0.2) is 4.57 Å². The third-order valence-electron chi connectivity index (χ3n) is 4.85. The SMILES string of the molecule is Cc1cc(-c2ccccc2)ccc1-c1ccc(-c2ccccc2)c[n+]1C. The molecule has 0 saturated heterocycles. The van der Waals surface area contributed by atoms with Crippen LogP contribution in [0.1, 0.15) is 5.56 Å². The summed E-state index contributed by atoms with van der Waals surface area (Å²) < 4.78 is 2.22. The average Bonchev–Trinajstić information content (AvgIpc) is 2.69. The van der Waals surface area contributed by atoms with Crippen molar-refractivity contribution in [2.24, 2.45) is 7.05 Å². The Kier molecular flexibility index (Phi) is 4.37. The molecule has 1 nitrogen and oxygen atoms in total. The molecule has 0 aliphatic carbocycles. The molecule has 4 aromatic rings. The molecule has 0 unspecified atom stereocenters. The van der Waals surface area contributed by atoms with Crippen molar-refractivity contribution in [1.82, 2.24) is 0 Å². The van der Waals surface area contributed by atoms with E-state index >= 15 is 0 Å². The van der Waals surface area contributed by atoms with Crippen LogP contribution in [0.3, 0.4) is 0 Å². The van der Waals surface area contributed by atoms with Crippen molar-refractivity contribution in [3.05, 3.63) is 103 Å². The van der Waals surface area contributed by atoms with E-state index in [2.05, 4.69) is 116 Å². The molecule has 0 aliphatic heterocycles. The van der Waals surface area contributed by atoms with Crippen molar-refractivity contribution in [2.45, 2.75) is 6.92 Å². The van der Waals surface area contributed by atoms with E-state index in [4.69, 9.17) is 0 Å². The van der Waals surface area contributed by atoms with Gasteiger partial charge in [0.15, 0.2) is 6.20 Å². The van der Waals surface area contributed by atoms with Crippen LogP contribution in [0.2, 0.25) is 0 Å². The zero-order valence-corrected chi connectivity index (χ0v) is 15.2. The molecule has 126 valence electrons. The van der Waals surface area contributed by atoms with Crippen molar-refractivity contribution in [1.29, 1.82) is 0 Å². The van der Waals surface area contributed by atoms with Crippen LogP contribution < -0.4 is 4.57 Å². The highest BCUT2D eigenvalue weighted by atomic mass is 14.9. The average molecular weight is 336 g/mol. The van der Waals surface area contributed by atoms with Gasteiger partial charge in [-0.2, -0.15) is 0 Å². The van der Waals surface area contributed by atoms with Gasteiger partial charge in [-0.05, 0) is 41.3 Å². The van der Waals surface area contributed by atoms with E-state index in [1.165, 1.54) is 39.1 Å². The maximum absolute atomic E-state index is 2.27. The molecule has 0 aliphatic rings. The highest BCUT2D eigenvalue weighted by Gasteiger charge is 2.14. The topological polar surface area (TPSA) is 3.88 Å². The highest BCUT2D eigenvalue weighted by Crippen LogP contribution is 2.28. The summed E-state index contributed by atoms with van der Waals surface area (Å²) in [5.74, 6) is 0. The fraction of sp³-hybridized carbons (Fsp3) is 0.0800. The van der Waals surface area contributed by atoms with Crippen LogP contribution in [0.15, 0.2) is 97.2 Å². The second-order valence-electron chi connectivity index (χ2n) is 6.68. The molecule has 1 aromatic heterocycles. The summed E-state index contributed by atoms with van der Waals surface area (Å²) in [6.45, 7) is 2.19. The van der Waals surface area contributed by atoms with Gasteiger partial charge in [0.05, 0.1) is 0 Å². The van der Waals surface area contributed by atoms with Crippen molar-refractivity contribution < 1.29 is 4.57 Å². The Morgan fingerprint density at radius 2 is 1.15 bits per heavy atom. The van der Waals surface area contributed by atoms with Gasteiger partial charge in [0, 0.05) is 17.2 Å². The van der Waals surface area contributed by atoms with E-state index in [-0.39, 0.29) is 0 Å². The summed E-state index contributed by atoms with van der Waals surface area (Å²) in [6, 6.07) is 32.2.